The monoisotopic (exact) mass is 348 g/mol. The Labute approximate surface area is 154 Å². The highest BCUT2D eigenvalue weighted by Gasteiger charge is 2.33. The molecule has 1 saturated heterocycles. The molecule has 1 aliphatic carbocycles. The van der Waals surface area contributed by atoms with Crippen molar-refractivity contribution in [3.05, 3.63) is 52.6 Å². The van der Waals surface area contributed by atoms with E-state index in [4.69, 9.17) is 4.98 Å². The van der Waals surface area contributed by atoms with Crippen molar-refractivity contribution in [2.24, 2.45) is 5.92 Å². The van der Waals surface area contributed by atoms with Gasteiger partial charge in [0.25, 0.3) is 0 Å². The second-order valence-electron chi connectivity index (χ2n) is 7.87. The molecule has 4 heterocycles. The Morgan fingerprint density at radius 3 is 2.73 bits per heavy atom. The van der Waals surface area contributed by atoms with Gasteiger partial charge in [-0.15, -0.1) is 0 Å². The lowest BCUT2D eigenvalue weighted by Gasteiger charge is -2.41. The summed E-state index contributed by atoms with van der Waals surface area (Å²) in [4.78, 5) is 26.1. The first kappa shape index (κ1) is 15.8. The molecule has 1 amide bonds. The Balaban J connectivity index is 1.21. The number of anilines is 1. The summed E-state index contributed by atoms with van der Waals surface area (Å²) < 4.78 is 0. The van der Waals surface area contributed by atoms with Crippen LogP contribution in [0.3, 0.4) is 0 Å². The molecule has 0 saturated carbocycles. The third kappa shape index (κ3) is 2.57. The lowest BCUT2D eigenvalue weighted by molar-refractivity contribution is -0.133. The summed E-state index contributed by atoms with van der Waals surface area (Å²) in [5.41, 5.74) is 7.78. The van der Waals surface area contributed by atoms with Gasteiger partial charge in [-0.25, -0.2) is 0 Å². The molecule has 1 fully saturated rings. The molecule has 5 nitrogen and oxygen atoms in total. The first-order valence-corrected chi connectivity index (χ1v) is 9.62. The number of amides is 1. The van der Waals surface area contributed by atoms with Gasteiger partial charge in [-0.05, 0) is 55.0 Å². The molecule has 134 valence electrons. The fourth-order valence-electron chi connectivity index (χ4n) is 4.67. The Bertz CT molecular complexity index is 858. The molecule has 2 aromatic rings. The lowest BCUT2D eigenvalue weighted by Crippen LogP contribution is -2.48. The summed E-state index contributed by atoms with van der Waals surface area (Å²) in [6, 6.07) is 4.06. The zero-order chi connectivity index (χ0) is 17.7. The number of hydrogen-bond donors (Lipinski definition) is 0. The predicted octanol–water partition coefficient (Wildman–Crippen LogP) is 2.64. The van der Waals surface area contributed by atoms with E-state index in [0.29, 0.717) is 18.9 Å². The number of hydrogen-bond acceptors (Lipinski definition) is 4. The van der Waals surface area contributed by atoms with E-state index >= 15 is 0 Å². The van der Waals surface area contributed by atoms with Crippen molar-refractivity contribution in [3.63, 3.8) is 0 Å². The highest BCUT2D eigenvalue weighted by atomic mass is 16.2. The van der Waals surface area contributed by atoms with Gasteiger partial charge in [0.2, 0.25) is 5.91 Å². The molecule has 0 spiro atoms. The molecule has 0 bridgehead atoms. The maximum Gasteiger partial charge on any atom is 0.223 e. The Morgan fingerprint density at radius 1 is 1.12 bits per heavy atom. The van der Waals surface area contributed by atoms with Crippen LogP contribution in [0, 0.1) is 12.8 Å². The van der Waals surface area contributed by atoms with Gasteiger partial charge in [0.15, 0.2) is 0 Å². The standard InChI is InChI=1S/C21H24N4O/c1-14-17-3-2-4-19(17)23-20-13-25(12-18(14)20)21(26)9-15-10-24(11-15)16-5-7-22-8-6-16/h5-8,15H,2-4,9-13H2,1H3. The molecule has 2 aromatic heterocycles. The van der Waals surface area contributed by atoms with Crippen LogP contribution in [-0.2, 0) is 30.7 Å². The molecule has 2 aliphatic heterocycles. The van der Waals surface area contributed by atoms with E-state index in [1.54, 1.807) is 0 Å². The van der Waals surface area contributed by atoms with Crippen molar-refractivity contribution in [1.82, 2.24) is 14.9 Å². The second-order valence-corrected chi connectivity index (χ2v) is 7.87. The summed E-state index contributed by atoms with van der Waals surface area (Å²) in [7, 11) is 0. The average Bonchev–Trinajstić information content (AvgIpc) is 3.25. The minimum absolute atomic E-state index is 0.280. The summed E-state index contributed by atoms with van der Waals surface area (Å²) in [5, 5.41) is 0. The van der Waals surface area contributed by atoms with E-state index in [2.05, 4.69) is 16.8 Å². The van der Waals surface area contributed by atoms with Crippen LogP contribution in [0.2, 0.25) is 0 Å². The normalized spacial score (nSPS) is 18.7. The second kappa shape index (κ2) is 6.08. The van der Waals surface area contributed by atoms with Gasteiger partial charge in [-0.1, -0.05) is 0 Å². The molecular weight excluding hydrogens is 324 g/mol. The number of rotatable bonds is 3. The number of fused-ring (bicyclic) bond motifs is 2. The highest BCUT2D eigenvalue weighted by molar-refractivity contribution is 5.77. The van der Waals surface area contributed by atoms with E-state index in [-0.39, 0.29) is 5.91 Å². The Morgan fingerprint density at radius 2 is 1.92 bits per heavy atom. The Kier molecular flexibility index (Phi) is 3.69. The molecule has 3 aliphatic rings. The van der Waals surface area contributed by atoms with Gasteiger partial charge in [0.1, 0.15) is 0 Å². The van der Waals surface area contributed by atoms with Crippen molar-refractivity contribution in [1.29, 1.82) is 0 Å². The van der Waals surface area contributed by atoms with Crippen molar-refractivity contribution >= 4 is 11.6 Å². The first-order valence-electron chi connectivity index (χ1n) is 9.62. The van der Waals surface area contributed by atoms with Gasteiger partial charge < -0.3 is 9.80 Å². The number of carbonyl (C=O) groups is 1. The van der Waals surface area contributed by atoms with E-state index in [0.717, 1.165) is 38.2 Å². The minimum atomic E-state index is 0.280. The summed E-state index contributed by atoms with van der Waals surface area (Å²) in [5.74, 6) is 0.736. The van der Waals surface area contributed by atoms with E-state index in [1.165, 1.54) is 34.5 Å². The van der Waals surface area contributed by atoms with Crippen molar-refractivity contribution in [2.75, 3.05) is 18.0 Å². The summed E-state index contributed by atoms with van der Waals surface area (Å²) >= 11 is 0. The molecule has 5 heteroatoms. The molecule has 26 heavy (non-hydrogen) atoms. The SMILES string of the molecule is Cc1c2c(nc3c1CN(C(=O)CC1CN(c4ccncc4)C1)C3)CCC2. The van der Waals surface area contributed by atoms with Crippen LogP contribution in [-0.4, -0.2) is 33.9 Å². The summed E-state index contributed by atoms with van der Waals surface area (Å²) in [6.07, 6.45) is 7.77. The summed E-state index contributed by atoms with van der Waals surface area (Å²) in [6.45, 7) is 5.59. The fourth-order valence-corrected chi connectivity index (χ4v) is 4.67. The fraction of sp³-hybridized carbons (Fsp3) is 0.476. The molecule has 0 atom stereocenters. The van der Waals surface area contributed by atoms with Crippen LogP contribution in [0.4, 0.5) is 5.69 Å². The number of aryl methyl sites for hydroxylation is 1. The zero-order valence-corrected chi connectivity index (χ0v) is 15.2. The Hall–Kier alpha value is -2.43. The van der Waals surface area contributed by atoms with Gasteiger partial charge in [0, 0.05) is 55.7 Å². The van der Waals surface area contributed by atoms with Crippen molar-refractivity contribution in [2.45, 2.75) is 45.7 Å². The van der Waals surface area contributed by atoms with Crippen LogP contribution >= 0.6 is 0 Å². The number of pyridine rings is 2. The van der Waals surface area contributed by atoms with E-state index in [9.17, 15) is 4.79 Å². The van der Waals surface area contributed by atoms with Crippen LogP contribution in [0.5, 0.6) is 0 Å². The molecule has 0 aromatic carbocycles. The van der Waals surface area contributed by atoms with Crippen molar-refractivity contribution < 1.29 is 4.79 Å². The van der Waals surface area contributed by atoms with Crippen LogP contribution in [0.25, 0.3) is 0 Å². The average molecular weight is 348 g/mol. The lowest BCUT2D eigenvalue weighted by atomic mass is 9.95. The van der Waals surface area contributed by atoms with Gasteiger partial charge >= 0.3 is 0 Å². The maximum absolute atomic E-state index is 12.8. The molecule has 0 N–H and O–H groups in total. The van der Waals surface area contributed by atoms with Crippen LogP contribution in [0.1, 0.15) is 40.9 Å². The number of nitrogens with zero attached hydrogens (tertiary/aromatic N) is 4. The molecule has 0 unspecified atom stereocenters. The topological polar surface area (TPSA) is 49.3 Å². The van der Waals surface area contributed by atoms with Crippen molar-refractivity contribution in [3.8, 4) is 0 Å². The quantitative estimate of drug-likeness (QED) is 0.856. The molecule has 5 rings (SSSR count). The maximum atomic E-state index is 12.8. The minimum Gasteiger partial charge on any atom is -0.371 e. The smallest absolute Gasteiger partial charge is 0.223 e. The molecular formula is C21H24N4O. The third-order valence-corrected chi connectivity index (χ3v) is 6.20. The van der Waals surface area contributed by atoms with E-state index in [1.807, 2.05) is 29.4 Å². The van der Waals surface area contributed by atoms with Crippen LogP contribution in [0.15, 0.2) is 24.5 Å². The first-order chi connectivity index (χ1) is 12.7. The number of aromatic nitrogens is 2. The van der Waals surface area contributed by atoms with Gasteiger partial charge in [-0.3, -0.25) is 14.8 Å². The predicted molar refractivity (Wildman–Crippen MR) is 99.8 cm³/mol. The number of carbonyl (C=O) groups excluding carboxylic acids is 1. The zero-order valence-electron chi connectivity index (χ0n) is 15.2. The molecule has 0 radical (unpaired) electrons. The highest BCUT2D eigenvalue weighted by Crippen LogP contribution is 2.33. The van der Waals surface area contributed by atoms with Crippen LogP contribution < -0.4 is 4.90 Å². The largest absolute Gasteiger partial charge is 0.371 e. The third-order valence-electron chi connectivity index (χ3n) is 6.20. The van der Waals surface area contributed by atoms with E-state index < -0.39 is 0 Å². The van der Waals surface area contributed by atoms with Gasteiger partial charge in [0.05, 0.1) is 12.2 Å². The van der Waals surface area contributed by atoms with Gasteiger partial charge in [-0.2, -0.15) is 0 Å².